The third kappa shape index (κ3) is 5.08. The van der Waals surface area contributed by atoms with Gasteiger partial charge in [0.05, 0.1) is 11.7 Å². The molecule has 0 aromatic carbocycles. The fraction of sp³-hybridized carbons (Fsp3) is 0.917. The summed E-state index contributed by atoms with van der Waals surface area (Å²) in [6.45, 7) is 6.80. The molecule has 1 aliphatic rings. The Kier molecular flexibility index (Phi) is 5.34. The van der Waals surface area contributed by atoms with Gasteiger partial charge in [0.25, 0.3) is 0 Å². The molecule has 1 heterocycles. The number of carboxylic acids is 1. The molecule has 6 nitrogen and oxygen atoms in total. The van der Waals surface area contributed by atoms with Crippen LogP contribution in [-0.4, -0.2) is 67.7 Å². The van der Waals surface area contributed by atoms with Crippen molar-refractivity contribution in [2.45, 2.75) is 26.7 Å². The van der Waals surface area contributed by atoms with Gasteiger partial charge in [0.1, 0.15) is 0 Å². The number of carbonyl (C=O) groups is 1. The molecule has 1 aliphatic heterocycles. The maximum Gasteiger partial charge on any atom is 0.309 e. The molecule has 1 N–H and O–H groups in total. The molecule has 0 aromatic rings. The monoisotopic (exact) mass is 292 g/mol. The SMILES string of the molecule is CC(C)(CCCN1CCN(S(C)(=O)=O)CC1)C(=O)O. The lowest BCUT2D eigenvalue weighted by molar-refractivity contribution is -0.147. The van der Waals surface area contributed by atoms with Crippen molar-refractivity contribution in [1.82, 2.24) is 9.21 Å². The molecule has 1 rings (SSSR count). The van der Waals surface area contributed by atoms with E-state index in [-0.39, 0.29) is 0 Å². The van der Waals surface area contributed by atoms with Gasteiger partial charge in [0, 0.05) is 26.2 Å². The Morgan fingerprint density at radius 1 is 1.21 bits per heavy atom. The minimum Gasteiger partial charge on any atom is -0.481 e. The number of carboxylic acid groups (broad SMARTS) is 1. The van der Waals surface area contributed by atoms with Crippen LogP contribution in [0, 0.1) is 5.41 Å². The molecule has 0 unspecified atom stereocenters. The Hall–Kier alpha value is -0.660. The Labute approximate surface area is 115 Å². The maximum atomic E-state index is 11.4. The van der Waals surface area contributed by atoms with Gasteiger partial charge in [-0.2, -0.15) is 4.31 Å². The zero-order valence-corrected chi connectivity index (χ0v) is 12.7. The van der Waals surface area contributed by atoms with Crippen LogP contribution in [0.15, 0.2) is 0 Å². The normalized spacial score (nSPS) is 19.5. The highest BCUT2D eigenvalue weighted by atomic mass is 32.2. The van der Waals surface area contributed by atoms with Crippen LogP contribution in [0.4, 0.5) is 0 Å². The Balaban J connectivity index is 2.29. The number of aliphatic carboxylic acids is 1. The maximum absolute atomic E-state index is 11.4. The molecule has 0 aliphatic carbocycles. The summed E-state index contributed by atoms with van der Waals surface area (Å²) in [6, 6.07) is 0. The van der Waals surface area contributed by atoms with E-state index >= 15 is 0 Å². The van der Waals surface area contributed by atoms with Crippen LogP contribution in [0.5, 0.6) is 0 Å². The van der Waals surface area contributed by atoms with Crippen molar-refractivity contribution in [2.24, 2.45) is 5.41 Å². The standard InChI is InChI=1S/C12H24N2O4S/c1-12(2,11(15)16)5-4-6-13-7-9-14(10-8-13)19(3,17)18/h4-10H2,1-3H3,(H,15,16). The van der Waals surface area contributed by atoms with Gasteiger partial charge in [0.15, 0.2) is 0 Å². The third-order valence-electron chi connectivity index (χ3n) is 3.66. The summed E-state index contributed by atoms with van der Waals surface area (Å²) in [5.41, 5.74) is -0.686. The first-order valence-corrected chi connectivity index (χ1v) is 8.38. The van der Waals surface area contributed by atoms with Gasteiger partial charge in [-0.25, -0.2) is 8.42 Å². The van der Waals surface area contributed by atoms with Gasteiger partial charge in [-0.3, -0.25) is 4.79 Å². The summed E-state index contributed by atoms with van der Waals surface area (Å²) in [6.07, 6.45) is 2.69. The lowest BCUT2D eigenvalue weighted by atomic mass is 9.88. The highest BCUT2D eigenvalue weighted by molar-refractivity contribution is 7.88. The highest BCUT2D eigenvalue weighted by Crippen LogP contribution is 2.22. The first-order chi connectivity index (χ1) is 8.63. The summed E-state index contributed by atoms with van der Waals surface area (Å²) in [5.74, 6) is -0.769. The molecule has 1 fully saturated rings. The predicted octanol–water partition coefficient (Wildman–Crippen LogP) is 0.455. The van der Waals surface area contributed by atoms with E-state index in [1.807, 2.05) is 0 Å². The van der Waals surface area contributed by atoms with Gasteiger partial charge in [-0.05, 0) is 33.2 Å². The summed E-state index contributed by atoms with van der Waals surface area (Å²) in [5, 5.41) is 9.02. The molecule has 7 heteroatoms. The van der Waals surface area contributed by atoms with Gasteiger partial charge >= 0.3 is 5.97 Å². The zero-order chi connectivity index (χ0) is 14.7. The molecule has 0 spiro atoms. The number of nitrogens with zero attached hydrogens (tertiary/aromatic N) is 2. The summed E-state index contributed by atoms with van der Waals surface area (Å²) >= 11 is 0. The average Bonchev–Trinajstić information content (AvgIpc) is 2.28. The quantitative estimate of drug-likeness (QED) is 0.769. The molecule has 0 saturated carbocycles. The van der Waals surface area contributed by atoms with E-state index in [1.165, 1.54) is 10.6 Å². The molecular weight excluding hydrogens is 268 g/mol. The predicted molar refractivity (Wildman–Crippen MR) is 73.5 cm³/mol. The fourth-order valence-corrected chi connectivity index (χ4v) is 2.96. The number of hydrogen-bond donors (Lipinski definition) is 1. The molecule has 0 bridgehead atoms. The van der Waals surface area contributed by atoms with Crippen molar-refractivity contribution in [3.63, 3.8) is 0 Å². The van der Waals surface area contributed by atoms with Crippen LogP contribution < -0.4 is 0 Å². The Bertz CT molecular complexity index is 411. The van der Waals surface area contributed by atoms with Crippen LogP contribution in [0.1, 0.15) is 26.7 Å². The second-order valence-corrected chi connectivity index (χ2v) is 7.78. The van der Waals surface area contributed by atoms with Crippen molar-refractivity contribution in [3.8, 4) is 0 Å². The van der Waals surface area contributed by atoms with E-state index in [2.05, 4.69) is 4.90 Å². The first kappa shape index (κ1) is 16.4. The van der Waals surface area contributed by atoms with E-state index in [0.717, 1.165) is 26.1 Å². The van der Waals surface area contributed by atoms with Crippen LogP contribution in [-0.2, 0) is 14.8 Å². The minimum atomic E-state index is -3.08. The number of sulfonamides is 1. The van der Waals surface area contributed by atoms with Crippen molar-refractivity contribution >= 4 is 16.0 Å². The molecule has 0 radical (unpaired) electrons. The largest absolute Gasteiger partial charge is 0.481 e. The van der Waals surface area contributed by atoms with Crippen LogP contribution in [0.3, 0.4) is 0 Å². The highest BCUT2D eigenvalue weighted by Gasteiger charge is 2.27. The molecule has 1 saturated heterocycles. The first-order valence-electron chi connectivity index (χ1n) is 6.54. The molecule has 0 atom stereocenters. The van der Waals surface area contributed by atoms with Crippen LogP contribution >= 0.6 is 0 Å². The molecule has 112 valence electrons. The fourth-order valence-electron chi connectivity index (χ4n) is 2.14. The van der Waals surface area contributed by atoms with Gasteiger partial charge in [0.2, 0.25) is 10.0 Å². The lowest BCUT2D eigenvalue weighted by Crippen LogP contribution is -2.48. The van der Waals surface area contributed by atoms with E-state index < -0.39 is 21.4 Å². The number of piperazine rings is 1. The lowest BCUT2D eigenvalue weighted by Gasteiger charge is -2.33. The average molecular weight is 292 g/mol. The van der Waals surface area contributed by atoms with Crippen LogP contribution in [0.2, 0.25) is 0 Å². The summed E-state index contributed by atoms with van der Waals surface area (Å²) in [4.78, 5) is 13.2. The van der Waals surface area contributed by atoms with Crippen molar-refractivity contribution < 1.29 is 18.3 Å². The van der Waals surface area contributed by atoms with Crippen molar-refractivity contribution in [2.75, 3.05) is 39.0 Å². The van der Waals surface area contributed by atoms with Crippen molar-refractivity contribution in [3.05, 3.63) is 0 Å². The smallest absolute Gasteiger partial charge is 0.309 e. The van der Waals surface area contributed by atoms with E-state index in [4.69, 9.17) is 5.11 Å². The second-order valence-electron chi connectivity index (χ2n) is 5.80. The minimum absolute atomic E-state index is 0.529. The number of hydrogen-bond acceptors (Lipinski definition) is 4. The molecular formula is C12H24N2O4S. The van der Waals surface area contributed by atoms with Gasteiger partial charge < -0.3 is 10.0 Å². The third-order valence-corrected chi connectivity index (χ3v) is 4.96. The van der Waals surface area contributed by atoms with Crippen LogP contribution in [0.25, 0.3) is 0 Å². The number of rotatable bonds is 6. The van der Waals surface area contributed by atoms with Gasteiger partial charge in [-0.15, -0.1) is 0 Å². The Morgan fingerprint density at radius 3 is 2.16 bits per heavy atom. The topological polar surface area (TPSA) is 77.9 Å². The molecule has 19 heavy (non-hydrogen) atoms. The summed E-state index contributed by atoms with van der Waals surface area (Å²) < 4.78 is 24.2. The Morgan fingerprint density at radius 2 is 1.74 bits per heavy atom. The van der Waals surface area contributed by atoms with Gasteiger partial charge in [-0.1, -0.05) is 0 Å². The van der Waals surface area contributed by atoms with E-state index in [0.29, 0.717) is 19.5 Å². The zero-order valence-electron chi connectivity index (χ0n) is 11.9. The van der Waals surface area contributed by atoms with E-state index in [1.54, 1.807) is 13.8 Å². The summed E-state index contributed by atoms with van der Waals surface area (Å²) in [7, 11) is -3.08. The second kappa shape index (κ2) is 6.19. The van der Waals surface area contributed by atoms with Crippen molar-refractivity contribution in [1.29, 1.82) is 0 Å². The molecule has 0 aromatic heterocycles. The molecule has 0 amide bonds. The van der Waals surface area contributed by atoms with E-state index in [9.17, 15) is 13.2 Å².